The monoisotopic (exact) mass is 392 g/mol. The molecule has 2 aromatic rings. The fourth-order valence-corrected chi connectivity index (χ4v) is 4.38. The van der Waals surface area contributed by atoms with Gasteiger partial charge < -0.3 is 10.1 Å². The Labute approximate surface area is 169 Å². The molecule has 4 rings (SSSR count). The molecule has 1 aliphatic heterocycles. The van der Waals surface area contributed by atoms with Crippen molar-refractivity contribution in [1.29, 1.82) is 5.26 Å². The van der Waals surface area contributed by atoms with Gasteiger partial charge in [-0.15, -0.1) is 0 Å². The maximum absolute atomic E-state index is 12.7. The molecule has 0 bridgehead atoms. The van der Waals surface area contributed by atoms with Crippen LogP contribution in [0.4, 0.5) is 0 Å². The van der Waals surface area contributed by atoms with Crippen LogP contribution in [-0.4, -0.2) is 35.1 Å². The number of nitriles is 1. The van der Waals surface area contributed by atoms with E-state index in [9.17, 15) is 4.79 Å². The second kappa shape index (κ2) is 8.15. The van der Waals surface area contributed by atoms with Crippen LogP contribution in [0.3, 0.4) is 0 Å². The summed E-state index contributed by atoms with van der Waals surface area (Å²) in [5.74, 6) is 0.753. The Morgan fingerprint density at radius 3 is 2.93 bits per heavy atom. The van der Waals surface area contributed by atoms with Gasteiger partial charge in [-0.25, -0.2) is 15.4 Å². The van der Waals surface area contributed by atoms with E-state index in [0.717, 1.165) is 24.8 Å². The smallest absolute Gasteiger partial charge is 0.270 e. The zero-order valence-electron chi connectivity index (χ0n) is 16.5. The lowest BCUT2D eigenvalue weighted by Gasteiger charge is -2.33. The molecule has 0 radical (unpaired) electrons. The molecule has 8 heteroatoms. The molecule has 29 heavy (non-hydrogen) atoms. The molecule has 1 amide bonds. The summed E-state index contributed by atoms with van der Waals surface area (Å²) in [4.78, 5) is 21.1. The molecule has 4 atom stereocenters. The topological polar surface area (TPSA) is 112 Å². The van der Waals surface area contributed by atoms with Crippen LogP contribution in [-0.2, 0) is 0 Å². The standard InChI is InChI=1S/C21H24N6O2/c1-12-7-13(10-22)11-24-19(12)21(28)25-15-3-4-17-16(9-15)20(27-26-17)14-5-6-23-18(8-14)29-2/h5-8,11,15-17,20,26-27H,3-4,9H2,1-2H3,(H,25,28). The van der Waals surface area contributed by atoms with Gasteiger partial charge in [0.1, 0.15) is 11.8 Å². The number of carbonyl (C=O) groups excluding carboxylic acids is 1. The van der Waals surface area contributed by atoms with Crippen LogP contribution in [0.25, 0.3) is 0 Å². The Balaban J connectivity index is 1.46. The van der Waals surface area contributed by atoms with Crippen LogP contribution >= 0.6 is 0 Å². The van der Waals surface area contributed by atoms with E-state index in [1.54, 1.807) is 26.3 Å². The number of methoxy groups -OCH3 is 1. The summed E-state index contributed by atoms with van der Waals surface area (Å²) < 4.78 is 5.26. The Morgan fingerprint density at radius 2 is 2.17 bits per heavy atom. The number of amides is 1. The van der Waals surface area contributed by atoms with Crippen molar-refractivity contribution in [3.05, 3.63) is 53.0 Å². The summed E-state index contributed by atoms with van der Waals surface area (Å²) in [6, 6.07) is 8.26. The van der Waals surface area contributed by atoms with E-state index in [1.807, 2.05) is 18.2 Å². The van der Waals surface area contributed by atoms with Crippen LogP contribution in [0.1, 0.15) is 52.5 Å². The van der Waals surface area contributed by atoms with Crippen LogP contribution in [0.5, 0.6) is 5.88 Å². The van der Waals surface area contributed by atoms with Crippen molar-refractivity contribution in [3.8, 4) is 11.9 Å². The summed E-state index contributed by atoms with van der Waals surface area (Å²) >= 11 is 0. The van der Waals surface area contributed by atoms with Crippen LogP contribution in [0.15, 0.2) is 30.6 Å². The van der Waals surface area contributed by atoms with Gasteiger partial charge in [0, 0.05) is 30.5 Å². The predicted octanol–water partition coefficient (Wildman–Crippen LogP) is 1.78. The first kappa shape index (κ1) is 19.3. The lowest BCUT2D eigenvalue weighted by Crippen LogP contribution is -2.44. The number of fused-ring (bicyclic) bond motifs is 1. The first-order valence-corrected chi connectivity index (χ1v) is 9.77. The lowest BCUT2D eigenvalue weighted by atomic mass is 9.77. The minimum absolute atomic E-state index is 0.0773. The van der Waals surface area contributed by atoms with E-state index >= 15 is 0 Å². The number of hydrogen-bond donors (Lipinski definition) is 3. The number of ether oxygens (including phenoxy) is 1. The number of hydrogen-bond acceptors (Lipinski definition) is 7. The molecule has 0 spiro atoms. The number of rotatable bonds is 4. The fourth-order valence-electron chi connectivity index (χ4n) is 4.38. The third-order valence-electron chi connectivity index (χ3n) is 5.84. The van der Waals surface area contributed by atoms with Crippen molar-refractivity contribution in [2.45, 2.75) is 44.3 Å². The zero-order chi connectivity index (χ0) is 20.4. The van der Waals surface area contributed by atoms with Gasteiger partial charge in [0.05, 0.1) is 18.7 Å². The number of aromatic nitrogens is 2. The Kier molecular flexibility index (Phi) is 5.43. The minimum atomic E-state index is -0.184. The summed E-state index contributed by atoms with van der Waals surface area (Å²) in [7, 11) is 1.61. The van der Waals surface area contributed by atoms with Crippen molar-refractivity contribution in [2.75, 3.05) is 7.11 Å². The molecular weight excluding hydrogens is 368 g/mol. The van der Waals surface area contributed by atoms with Gasteiger partial charge in [0.25, 0.3) is 5.91 Å². The molecule has 1 saturated carbocycles. The van der Waals surface area contributed by atoms with Crippen LogP contribution in [0, 0.1) is 24.2 Å². The second-order valence-corrected chi connectivity index (χ2v) is 7.65. The quantitative estimate of drug-likeness (QED) is 0.727. The first-order chi connectivity index (χ1) is 14.1. The molecule has 1 aliphatic carbocycles. The fraction of sp³-hybridized carbons (Fsp3) is 0.429. The third kappa shape index (κ3) is 3.92. The van der Waals surface area contributed by atoms with E-state index in [2.05, 4.69) is 26.1 Å². The number of pyridine rings is 2. The highest BCUT2D eigenvalue weighted by molar-refractivity contribution is 5.93. The van der Waals surface area contributed by atoms with Crippen molar-refractivity contribution < 1.29 is 9.53 Å². The maximum atomic E-state index is 12.7. The Bertz CT molecular complexity index is 956. The van der Waals surface area contributed by atoms with E-state index in [0.29, 0.717) is 34.7 Å². The highest BCUT2D eigenvalue weighted by atomic mass is 16.5. The van der Waals surface area contributed by atoms with E-state index in [4.69, 9.17) is 10.00 Å². The second-order valence-electron chi connectivity index (χ2n) is 7.65. The number of nitrogens with one attached hydrogen (secondary N) is 3. The molecular formula is C21H24N6O2. The zero-order valence-corrected chi connectivity index (χ0v) is 16.5. The molecule has 2 aromatic heterocycles. The maximum Gasteiger partial charge on any atom is 0.270 e. The van der Waals surface area contributed by atoms with Gasteiger partial charge in [0.2, 0.25) is 5.88 Å². The lowest BCUT2D eigenvalue weighted by molar-refractivity contribution is 0.0909. The normalized spacial score (nSPS) is 25.7. The summed E-state index contributed by atoms with van der Waals surface area (Å²) in [5, 5.41) is 12.1. The molecule has 150 valence electrons. The van der Waals surface area contributed by atoms with Gasteiger partial charge in [-0.2, -0.15) is 5.26 Å². The largest absolute Gasteiger partial charge is 0.481 e. The molecule has 4 unspecified atom stereocenters. The number of carbonyl (C=O) groups is 1. The van der Waals surface area contributed by atoms with Gasteiger partial charge >= 0.3 is 0 Å². The minimum Gasteiger partial charge on any atom is -0.481 e. The number of aryl methyl sites for hydroxylation is 1. The number of nitrogens with zero attached hydrogens (tertiary/aromatic N) is 3. The number of hydrazine groups is 1. The Morgan fingerprint density at radius 1 is 1.31 bits per heavy atom. The van der Waals surface area contributed by atoms with E-state index in [-0.39, 0.29) is 18.0 Å². The highest BCUT2D eigenvalue weighted by Crippen LogP contribution is 2.38. The van der Waals surface area contributed by atoms with Crippen LogP contribution in [0.2, 0.25) is 0 Å². The van der Waals surface area contributed by atoms with Gasteiger partial charge in [0.15, 0.2) is 0 Å². The SMILES string of the molecule is COc1cc(C2NNC3CCC(NC(=O)c4ncc(C#N)cc4C)CC32)ccn1. The van der Waals surface area contributed by atoms with E-state index in [1.165, 1.54) is 6.20 Å². The summed E-state index contributed by atoms with van der Waals surface area (Å²) in [6.07, 6.45) is 5.94. The van der Waals surface area contributed by atoms with Crippen molar-refractivity contribution >= 4 is 5.91 Å². The predicted molar refractivity (Wildman–Crippen MR) is 106 cm³/mol. The van der Waals surface area contributed by atoms with Crippen molar-refractivity contribution in [3.63, 3.8) is 0 Å². The molecule has 3 heterocycles. The van der Waals surface area contributed by atoms with Crippen molar-refractivity contribution in [1.82, 2.24) is 26.1 Å². The first-order valence-electron chi connectivity index (χ1n) is 9.77. The van der Waals surface area contributed by atoms with Gasteiger partial charge in [-0.3, -0.25) is 10.2 Å². The third-order valence-corrected chi connectivity index (χ3v) is 5.84. The average molecular weight is 392 g/mol. The average Bonchev–Trinajstić information content (AvgIpc) is 3.16. The molecule has 2 aliphatic rings. The molecule has 2 fully saturated rings. The van der Waals surface area contributed by atoms with Gasteiger partial charge in [-0.1, -0.05) is 0 Å². The molecule has 8 nitrogen and oxygen atoms in total. The Hall–Kier alpha value is -3.02. The highest BCUT2D eigenvalue weighted by Gasteiger charge is 2.41. The van der Waals surface area contributed by atoms with Crippen LogP contribution < -0.4 is 20.9 Å². The van der Waals surface area contributed by atoms with E-state index < -0.39 is 0 Å². The van der Waals surface area contributed by atoms with Crippen molar-refractivity contribution in [2.24, 2.45) is 5.92 Å². The summed E-state index contributed by atoms with van der Waals surface area (Å²) in [5.41, 5.74) is 9.47. The van der Waals surface area contributed by atoms with Gasteiger partial charge in [-0.05, 0) is 55.4 Å². The summed E-state index contributed by atoms with van der Waals surface area (Å²) in [6.45, 7) is 1.80. The molecule has 3 N–H and O–H groups in total. The molecule has 1 saturated heterocycles. The molecule has 0 aromatic carbocycles.